The third kappa shape index (κ3) is 9.65. The molecule has 4 rings (SSSR count). The van der Waals surface area contributed by atoms with Crippen molar-refractivity contribution in [1.82, 2.24) is 0 Å². The average Bonchev–Trinajstić information content (AvgIpc) is 2.67. The highest BCUT2D eigenvalue weighted by Crippen LogP contribution is 2.57. The van der Waals surface area contributed by atoms with Gasteiger partial charge in [-0.2, -0.15) is 0 Å². The van der Waals surface area contributed by atoms with Gasteiger partial charge in [-0.1, -0.05) is 71.1 Å². The molecule has 0 amide bonds. The Kier molecular flexibility index (Phi) is 12.4. The Morgan fingerprint density at radius 1 is 0.645 bits per heavy atom. The first-order chi connectivity index (χ1) is 14.5. The van der Waals surface area contributed by atoms with Gasteiger partial charge in [0.25, 0.3) is 0 Å². The third-order valence-corrected chi connectivity index (χ3v) is 8.70. The number of nitrogens with zero attached hydrogens (tertiary/aromatic N) is 1. The number of rotatable bonds is 17. The van der Waals surface area contributed by atoms with Crippen LogP contribution in [0.1, 0.15) is 122 Å². The van der Waals surface area contributed by atoms with Crippen LogP contribution in [-0.4, -0.2) is 43.9 Å². The quantitative estimate of drug-likeness (QED) is 0.207. The molecule has 0 saturated heterocycles. The number of hydrogen-bond donors (Lipinski definition) is 0. The van der Waals surface area contributed by atoms with E-state index >= 15 is 0 Å². The Labute approximate surface area is 205 Å². The average molecular weight is 501 g/mol. The molecule has 0 aliphatic heterocycles. The maximum Gasteiger partial charge on any atom is 0.102 e. The molecule has 31 heavy (non-hydrogen) atoms. The fourth-order valence-corrected chi connectivity index (χ4v) is 7.21. The van der Waals surface area contributed by atoms with E-state index in [2.05, 4.69) is 21.0 Å². The van der Waals surface area contributed by atoms with Crippen molar-refractivity contribution in [2.75, 3.05) is 33.8 Å². The Bertz CT molecular complexity index is 442. The van der Waals surface area contributed by atoms with Crippen LogP contribution in [0.5, 0.6) is 0 Å². The van der Waals surface area contributed by atoms with E-state index < -0.39 is 0 Å². The van der Waals surface area contributed by atoms with E-state index in [-0.39, 0.29) is 17.0 Å². The first-order valence-corrected chi connectivity index (χ1v) is 14.0. The lowest BCUT2D eigenvalue weighted by molar-refractivity contribution is -0.891. The van der Waals surface area contributed by atoms with Crippen LogP contribution in [0.15, 0.2) is 0 Å². The van der Waals surface area contributed by atoms with Gasteiger partial charge in [-0.05, 0) is 69.1 Å². The molecule has 0 radical (unpaired) electrons. The summed E-state index contributed by atoms with van der Waals surface area (Å²) in [5.74, 6) is 3.00. The molecule has 0 aromatic heterocycles. The maximum atomic E-state index is 6.68. The van der Waals surface area contributed by atoms with Crippen molar-refractivity contribution in [2.45, 2.75) is 128 Å². The monoisotopic (exact) mass is 499 g/mol. The number of quaternary nitrogens is 1. The molecular weight excluding hydrogens is 446 g/mol. The number of halogens is 1. The summed E-state index contributed by atoms with van der Waals surface area (Å²) in [5.41, 5.74) is 0.296. The molecule has 184 valence electrons. The summed E-state index contributed by atoms with van der Waals surface area (Å²) in [5, 5.41) is 0. The van der Waals surface area contributed by atoms with E-state index in [0.717, 1.165) is 28.8 Å². The maximum absolute atomic E-state index is 6.68. The van der Waals surface area contributed by atoms with Gasteiger partial charge in [0.15, 0.2) is 0 Å². The van der Waals surface area contributed by atoms with Crippen LogP contribution < -0.4 is 17.0 Å². The van der Waals surface area contributed by atoms with Gasteiger partial charge >= 0.3 is 0 Å². The van der Waals surface area contributed by atoms with Crippen LogP contribution in [0.2, 0.25) is 0 Å². The van der Waals surface area contributed by atoms with Gasteiger partial charge in [-0.3, -0.25) is 0 Å². The Hall–Kier alpha value is 0.400. The second-order valence-corrected chi connectivity index (χ2v) is 12.2. The molecule has 4 aliphatic carbocycles. The van der Waals surface area contributed by atoms with Crippen LogP contribution in [-0.2, 0) is 4.74 Å². The normalized spacial score (nSPS) is 29.3. The summed E-state index contributed by atoms with van der Waals surface area (Å²) < 4.78 is 7.82. The molecule has 2 nitrogen and oxygen atoms in total. The van der Waals surface area contributed by atoms with Crippen molar-refractivity contribution in [3.8, 4) is 0 Å². The largest absolute Gasteiger partial charge is 1.00 e. The Morgan fingerprint density at radius 2 is 1.06 bits per heavy atom. The third-order valence-electron chi connectivity index (χ3n) is 8.70. The standard InChI is InChI=1S/C28H54NO.BrH/c1-4-5-6-7-8-9-10-11-12-13-14-15-16-29(2,3)17-18-30-28-22-25-19-26(23-28)21-27(20-25)24-28;/h25-27H,4-24H2,1-3H3;1H/q+1;/p-1. The van der Waals surface area contributed by atoms with Crippen LogP contribution in [0.3, 0.4) is 0 Å². The predicted octanol–water partition coefficient (Wildman–Crippen LogP) is 4.75. The molecule has 4 saturated carbocycles. The molecular formula is C28H54BrNO. The van der Waals surface area contributed by atoms with Gasteiger partial charge < -0.3 is 26.2 Å². The summed E-state index contributed by atoms with van der Waals surface area (Å²) in [6.07, 6.45) is 26.0. The van der Waals surface area contributed by atoms with Crippen molar-refractivity contribution in [2.24, 2.45) is 17.8 Å². The van der Waals surface area contributed by atoms with Crippen molar-refractivity contribution in [3.63, 3.8) is 0 Å². The van der Waals surface area contributed by atoms with E-state index in [4.69, 9.17) is 4.74 Å². The number of hydrogen-bond acceptors (Lipinski definition) is 1. The zero-order chi connectivity index (χ0) is 21.3. The lowest BCUT2D eigenvalue weighted by Gasteiger charge is -2.56. The summed E-state index contributed by atoms with van der Waals surface area (Å²) in [6.45, 7) is 5.80. The molecule has 0 heterocycles. The zero-order valence-electron chi connectivity index (χ0n) is 21.3. The smallest absolute Gasteiger partial charge is 0.102 e. The highest BCUT2D eigenvalue weighted by molar-refractivity contribution is 5.03. The summed E-state index contributed by atoms with van der Waals surface area (Å²) in [4.78, 5) is 0. The minimum absolute atomic E-state index is 0. The van der Waals surface area contributed by atoms with Gasteiger partial charge in [-0.15, -0.1) is 0 Å². The van der Waals surface area contributed by atoms with E-state index in [1.165, 1.54) is 129 Å². The van der Waals surface area contributed by atoms with Crippen molar-refractivity contribution in [1.29, 1.82) is 0 Å². The molecule has 4 fully saturated rings. The van der Waals surface area contributed by atoms with E-state index in [1.54, 1.807) is 0 Å². The zero-order valence-corrected chi connectivity index (χ0v) is 22.9. The fourth-order valence-electron chi connectivity index (χ4n) is 7.21. The first kappa shape index (κ1) is 27.6. The molecule has 0 aromatic carbocycles. The van der Waals surface area contributed by atoms with Gasteiger partial charge in [0, 0.05) is 0 Å². The topological polar surface area (TPSA) is 9.23 Å². The molecule has 4 bridgehead atoms. The molecule has 0 unspecified atom stereocenters. The minimum Gasteiger partial charge on any atom is -1.00 e. The van der Waals surface area contributed by atoms with Crippen LogP contribution in [0.4, 0.5) is 0 Å². The van der Waals surface area contributed by atoms with Crippen LogP contribution >= 0.6 is 0 Å². The van der Waals surface area contributed by atoms with E-state index in [1.807, 2.05) is 0 Å². The molecule has 0 aromatic rings. The molecule has 0 atom stereocenters. The van der Waals surface area contributed by atoms with Crippen molar-refractivity contribution in [3.05, 3.63) is 0 Å². The number of likely N-dealkylation sites (N-methyl/N-ethyl adjacent to an activating group) is 1. The van der Waals surface area contributed by atoms with Gasteiger partial charge in [0.1, 0.15) is 6.54 Å². The lowest BCUT2D eigenvalue weighted by atomic mass is 9.54. The van der Waals surface area contributed by atoms with Gasteiger partial charge in [0.2, 0.25) is 0 Å². The highest BCUT2D eigenvalue weighted by atomic mass is 79.9. The predicted molar refractivity (Wildman–Crippen MR) is 130 cm³/mol. The minimum atomic E-state index is 0. The van der Waals surface area contributed by atoms with Crippen molar-refractivity contribution < 1.29 is 26.2 Å². The van der Waals surface area contributed by atoms with E-state index in [9.17, 15) is 0 Å². The van der Waals surface area contributed by atoms with Crippen molar-refractivity contribution >= 4 is 0 Å². The van der Waals surface area contributed by atoms with Gasteiger partial charge in [-0.25, -0.2) is 0 Å². The number of unbranched alkanes of at least 4 members (excludes halogenated alkanes) is 11. The first-order valence-electron chi connectivity index (χ1n) is 14.0. The molecule has 3 heteroatoms. The van der Waals surface area contributed by atoms with Crippen LogP contribution in [0, 0.1) is 17.8 Å². The number of ether oxygens (including phenoxy) is 1. The Balaban J connectivity index is 0.00000341. The highest BCUT2D eigenvalue weighted by Gasteiger charge is 2.51. The summed E-state index contributed by atoms with van der Waals surface area (Å²) in [6, 6.07) is 0. The fraction of sp³-hybridized carbons (Fsp3) is 1.00. The summed E-state index contributed by atoms with van der Waals surface area (Å²) in [7, 11) is 4.84. The molecule has 0 N–H and O–H groups in total. The van der Waals surface area contributed by atoms with Gasteiger partial charge in [0.05, 0.1) is 32.8 Å². The lowest BCUT2D eigenvalue weighted by Crippen LogP contribution is -3.00. The van der Waals surface area contributed by atoms with E-state index in [0.29, 0.717) is 5.60 Å². The Morgan fingerprint density at radius 3 is 1.52 bits per heavy atom. The summed E-state index contributed by atoms with van der Waals surface area (Å²) >= 11 is 0. The molecule has 4 aliphatic rings. The molecule has 0 spiro atoms. The SMILES string of the molecule is CCCCCCCCCCCCCC[N+](C)(C)CCOC12CC3CC(CC(C3)C1)C2.[Br-]. The second-order valence-electron chi connectivity index (χ2n) is 12.2. The van der Waals surface area contributed by atoms with Crippen LogP contribution in [0.25, 0.3) is 0 Å². The second kappa shape index (κ2) is 14.0.